The second-order valence-corrected chi connectivity index (χ2v) is 41.5. The van der Waals surface area contributed by atoms with Gasteiger partial charge in [-0.2, -0.15) is 0 Å². The lowest BCUT2D eigenvalue weighted by Gasteiger charge is -2.23. The van der Waals surface area contributed by atoms with E-state index in [-0.39, 0.29) is 16.2 Å². The van der Waals surface area contributed by atoms with Crippen LogP contribution in [0.15, 0.2) is 473 Å². The van der Waals surface area contributed by atoms with E-state index in [2.05, 4.69) is 515 Å². The van der Waals surface area contributed by atoms with Crippen LogP contribution in [-0.4, -0.2) is 0 Å². The molecule has 0 saturated carbocycles. The van der Waals surface area contributed by atoms with Crippen molar-refractivity contribution in [2.75, 3.05) is 0 Å². The summed E-state index contributed by atoms with van der Waals surface area (Å²) in [6, 6.07) is 176. The van der Waals surface area contributed by atoms with Crippen molar-refractivity contribution in [3.05, 3.63) is 507 Å². The Morgan fingerprint density at radius 2 is 0.400 bits per heavy atom. The van der Waals surface area contributed by atoms with Gasteiger partial charge in [0.2, 0.25) is 0 Å². The van der Waals surface area contributed by atoms with Gasteiger partial charge in [-0.05, 0) is 354 Å². The molecule has 1 heterocycles. The molecule has 29 rings (SSSR count). The fraction of sp³-hybridized carbons (Fsp3) is 0.0647. The fourth-order valence-corrected chi connectivity index (χ4v) is 25.4. The Balaban J connectivity index is 0.000000106. The highest BCUT2D eigenvalue weighted by Crippen LogP contribution is 2.60. The summed E-state index contributed by atoms with van der Waals surface area (Å²) in [6.45, 7) is 14.3. The van der Waals surface area contributed by atoms with Crippen molar-refractivity contribution in [1.82, 2.24) is 0 Å². The van der Waals surface area contributed by atoms with Crippen LogP contribution in [0.3, 0.4) is 0 Å². The van der Waals surface area contributed by atoms with Crippen molar-refractivity contribution >= 4 is 139 Å². The van der Waals surface area contributed by atoms with Crippen molar-refractivity contribution in [3.8, 4) is 122 Å². The SMILES string of the molecule is CC1(C)c2cc3ccccc3cc2-c2c1cc(-c1cccc(-c3ccc4cc(-c5ccc6ccccc6c5)ccc4c3)c1)c1ccccc21.CC1(C)c2ccc3ccccc3c2-c2c1cc(-c1cccc(-c3ccc4cc(-c5ccc6ccccc6c5)ccc4c3)c1)c1ccccc21.CC1(C)c2ccc3ccccc3c2-c2c1cc(-c1cccc(-c3cccc4c3sc3ccccc34)c1)c1ccccc21. The first-order chi connectivity index (χ1) is 68.6. The summed E-state index contributed by atoms with van der Waals surface area (Å²) in [6.07, 6.45) is 0. The number of rotatable bonds is 8. The molecule has 3 aliphatic rings. The highest BCUT2D eigenvalue weighted by atomic mass is 32.1. The maximum atomic E-state index is 2.49. The lowest BCUT2D eigenvalue weighted by Crippen LogP contribution is -2.15. The average Bonchev–Trinajstić information content (AvgIpc) is 1.54. The van der Waals surface area contributed by atoms with Crippen LogP contribution in [0.2, 0.25) is 0 Å². The molecule has 1 aromatic heterocycles. The zero-order valence-corrected chi connectivity index (χ0v) is 79.8. The first kappa shape index (κ1) is 82.8. The Kier molecular flexibility index (Phi) is 19.1. The number of hydrogen-bond donors (Lipinski definition) is 0. The summed E-state index contributed by atoms with van der Waals surface area (Å²) in [7, 11) is 0. The zero-order valence-electron chi connectivity index (χ0n) is 78.9. The second-order valence-electron chi connectivity index (χ2n) is 40.4. The summed E-state index contributed by atoms with van der Waals surface area (Å²) in [4.78, 5) is 0. The number of thiophene rings is 1. The minimum absolute atomic E-state index is 0.0895. The molecule has 0 radical (unpaired) electrons. The van der Waals surface area contributed by atoms with Gasteiger partial charge in [0.15, 0.2) is 0 Å². The number of fused-ring (bicyclic) bond motifs is 27. The third kappa shape index (κ3) is 13.4. The highest BCUT2D eigenvalue weighted by Gasteiger charge is 2.42. The van der Waals surface area contributed by atoms with E-state index in [1.165, 1.54) is 284 Å². The predicted octanol–water partition coefficient (Wildman–Crippen LogP) is 39.2. The monoisotopic (exact) mass is 1800 g/mol. The van der Waals surface area contributed by atoms with Crippen molar-refractivity contribution < 1.29 is 0 Å². The van der Waals surface area contributed by atoms with E-state index < -0.39 is 0 Å². The molecule has 0 spiro atoms. The Hall–Kier alpha value is -16.7. The molecular weight excluding hydrogens is 1700 g/mol. The van der Waals surface area contributed by atoms with Gasteiger partial charge in [0.1, 0.15) is 0 Å². The van der Waals surface area contributed by atoms with E-state index in [4.69, 9.17) is 0 Å². The molecule has 0 amide bonds. The van der Waals surface area contributed by atoms with Crippen LogP contribution in [0.4, 0.5) is 0 Å². The molecule has 0 atom stereocenters. The Morgan fingerprint density at radius 3 is 0.821 bits per heavy atom. The minimum atomic E-state index is -0.102. The molecule has 0 aliphatic heterocycles. The summed E-state index contributed by atoms with van der Waals surface area (Å²) < 4.78 is 2.70. The highest BCUT2D eigenvalue weighted by molar-refractivity contribution is 7.26. The molecule has 25 aromatic carbocycles. The van der Waals surface area contributed by atoms with Crippen LogP contribution < -0.4 is 0 Å². The predicted molar refractivity (Wildman–Crippen MR) is 603 cm³/mol. The van der Waals surface area contributed by atoms with E-state index in [9.17, 15) is 0 Å². The largest absolute Gasteiger partial charge is 0.135 e. The van der Waals surface area contributed by atoms with Gasteiger partial charge in [0.05, 0.1) is 0 Å². The van der Waals surface area contributed by atoms with E-state index in [1.54, 1.807) is 0 Å². The van der Waals surface area contributed by atoms with Crippen LogP contribution in [0, 0.1) is 0 Å². The smallest absolute Gasteiger partial charge is 0.0433 e. The Bertz CT molecular complexity index is 9730. The van der Waals surface area contributed by atoms with Gasteiger partial charge in [0, 0.05) is 36.4 Å². The molecule has 3 aliphatic carbocycles. The van der Waals surface area contributed by atoms with E-state index in [0.717, 1.165) is 0 Å². The summed E-state index contributed by atoms with van der Waals surface area (Å²) in [5, 5.41) is 28.6. The zero-order chi connectivity index (χ0) is 93.4. The van der Waals surface area contributed by atoms with Gasteiger partial charge >= 0.3 is 0 Å². The minimum Gasteiger partial charge on any atom is -0.135 e. The van der Waals surface area contributed by atoms with Crippen molar-refractivity contribution in [1.29, 1.82) is 0 Å². The van der Waals surface area contributed by atoms with Crippen molar-refractivity contribution in [3.63, 3.8) is 0 Å². The van der Waals surface area contributed by atoms with Crippen LogP contribution in [0.1, 0.15) is 74.9 Å². The molecule has 0 saturated heterocycles. The van der Waals surface area contributed by atoms with Gasteiger partial charge in [-0.3, -0.25) is 0 Å². The third-order valence-electron chi connectivity index (χ3n) is 31.4. The van der Waals surface area contributed by atoms with E-state index >= 15 is 0 Å². The topological polar surface area (TPSA) is 0 Å². The first-order valence-electron chi connectivity index (χ1n) is 49.2. The third-order valence-corrected chi connectivity index (χ3v) is 32.7. The van der Waals surface area contributed by atoms with Crippen LogP contribution in [0.5, 0.6) is 0 Å². The molecule has 0 N–H and O–H groups in total. The average molecular weight is 1800 g/mol. The first-order valence-corrected chi connectivity index (χ1v) is 50.0. The van der Waals surface area contributed by atoms with Crippen LogP contribution >= 0.6 is 11.3 Å². The molecule has 0 unspecified atom stereocenters. The van der Waals surface area contributed by atoms with Gasteiger partial charge in [-0.25, -0.2) is 0 Å². The molecular formula is C139H96S. The normalized spacial score (nSPS) is 13.4. The van der Waals surface area contributed by atoms with Gasteiger partial charge in [0.25, 0.3) is 0 Å². The molecule has 0 nitrogen and oxygen atoms in total. The molecule has 0 bridgehead atoms. The number of hydrogen-bond acceptors (Lipinski definition) is 1. The summed E-state index contributed by atoms with van der Waals surface area (Å²) >= 11 is 1.90. The van der Waals surface area contributed by atoms with Crippen molar-refractivity contribution in [2.45, 2.75) is 57.8 Å². The lowest BCUT2D eigenvalue weighted by atomic mass is 9.80. The fourth-order valence-electron chi connectivity index (χ4n) is 24.2. The van der Waals surface area contributed by atoms with Crippen LogP contribution in [-0.2, 0) is 16.2 Å². The molecule has 26 aromatic rings. The Labute approximate surface area is 819 Å². The van der Waals surface area contributed by atoms with E-state index in [0.29, 0.717) is 0 Å². The lowest BCUT2D eigenvalue weighted by molar-refractivity contribution is 0.661. The molecule has 140 heavy (non-hydrogen) atoms. The Morgan fingerprint density at radius 1 is 0.136 bits per heavy atom. The van der Waals surface area contributed by atoms with Gasteiger partial charge in [-0.15, -0.1) is 11.3 Å². The molecule has 1 heteroatoms. The summed E-state index contributed by atoms with van der Waals surface area (Å²) in [5.74, 6) is 0. The van der Waals surface area contributed by atoms with Gasteiger partial charge < -0.3 is 0 Å². The van der Waals surface area contributed by atoms with Gasteiger partial charge in [-0.1, -0.05) is 424 Å². The molecule has 658 valence electrons. The van der Waals surface area contributed by atoms with Crippen LogP contribution in [0.25, 0.3) is 250 Å². The second kappa shape index (κ2) is 32.2. The van der Waals surface area contributed by atoms with Crippen molar-refractivity contribution in [2.24, 2.45) is 0 Å². The number of benzene rings is 25. The van der Waals surface area contributed by atoms with E-state index in [1.807, 2.05) is 11.3 Å². The molecule has 0 fully saturated rings. The summed E-state index contributed by atoms with van der Waals surface area (Å²) in [5.41, 5.74) is 36.7. The standard InChI is InChI=1S/2C49H34.C41H28S/c1-49(2)45-25-24-32-11-5-6-15-41(32)47(45)48-43-17-8-7-16-42(43)44(30-46(48)49)40-14-9-13-34(29-40)35-20-21-39-28-38(23-22-37(39)27-35)36-19-18-31-10-3-4-12-33(31)26-36;1-49(2)46-29-35-13-6-5-12-34(35)28-45(46)48-43-17-8-7-16-42(43)44(30-47(48)49)41-15-9-14-33(27-41)36-20-21-40-26-39(23-22-38(40)25-36)37-19-18-31-10-3-4-11-32(31)24-37;1-41(2)35-22-21-25-11-3-4-14-28(25)38(35)39-32-17-6-5-15-30(32)34(24-36(39)41)27-13-9-12-26(23-27)29-18-10-19-33-31-16-7-8-20-37(31)42-40(29)33/h2*3-30H,1-2H3;3-24H,1-2H3. The maximum Gasteiger partial charge on any atom is 0.0433 e. The maximum absolute atomic E-state index is 2.49. The quantitative estimate of drug-likeness (QED) is 0.142.